The second kappa shape index (κ2) is 10.7. The van der Waals surface area contributed by atoms with Gasteiger partial charge in [0.2, 0.25) is 5.91 Å². The molecule has 0 radical (unpaired) electrons. The summed E-state index contributed by atoms with van der Waals surface area (Å²) in [7, 11) is 1.21. The minimum absolute atomic E-state index is 0.0953. The van der Waals surface area contributed by atoms with Gasteiger partial charge in [-0.25, -0.2) is 14.4 Å². The van der Waals surface area contributed by atoms with Crippen molar-refractivity contribution in [2.24, 2.45) is 0 Å². The van der Waals surface area contributed by atoms with E-state index in [4.69, 9.17) is 14.2 Å². The van der Waals surface area contributed by atoms with Gasteiger partial charge in [-0.15, -0.1) is 0 Å². The average molecular weight is 524 g/mol. The number of hydrogen-bond donors (Lipinski definition) is 2. The number of fused-ring (bicyclic) bond motifs is 3. The fraction of sp³-hybridized carbons (Fsp3) is 0.429. The molecule has 0 bridgehead atoms. The monoisotopic (exact) mass is 523 g/mol. The number of carbonyl (C=O) groups excluding carboxylic acids is 4. The smallest absolute Gasteiger partial charge is 0.408 e. The van der Waals surface area contributed by atoms with E-state index in [9.17, 15) is 19.2 Å². The number of likely N-dealkylation sites (tertiary alicyclic amines) is 1. The molecule has 38 heavy (non-hydrogen) atoms. The molecule has 10 nitrogen and oxygen atoms in total. The second-order valence-electron chi connectivity index (χ2n) is 10.4. The van der Waals surface area contributed by atoms with E-state index < -0.39 is 35.2 Å². The molecular formula is C28H33N3O7. The number of nitrogens with zero attached hydrogens (tertiary/aromatic N) is 1. The molecule has 1 atom stereocenters. The summed E-state index contributed by atoms with van der Waals surface area (Å²) in [5.74, 6) is -1.19. The van der Waals surface area contributed by atoms with Crippen LogP contribution in [0.25, 0.3) is 11.1 Å². The molecule has 2 aliphatic rings. The molecule has 1 aliphatic carbocycles. The van der Waals surface area contributed by atoms with Crippen molar-refractivity contribution in [3.8, 4) is 11.1 Å². The minimum atomic E-state index is -1.43. The number of hydrogen-bond acceptors (Lipinski definition) is 7. The SMILES string of the molecule is COC(=O)C1(NC(=O)OC(C)(C)C)CCN(C(=O)CNC(=O)OCC2c3ccccc3-c3ccccc32)C1. The predicted molar refractivity (Wildman–Crippen MR) is 138 cm³/mol. The highest BCUT2D eigenvalue weighted by atomic mass is 16.6. The van der Waals surface area contributed by atoms with E-state index >= 15 is 0 Å². The maximum Gasteiger partial charge on any atom is 0.408 e. The Labute approximate surface area is 221 Å². The molecule has 1 unspecified atom stereocenters. The summed E-state index contributed by atoms with van der Waals surface area (Å²) in [6.45, 7) is 5.01. The van der Waals surface area contributed by atoms with Crippen LogP contribution in [0.1, 0.15) is 44.2 Å². The van der Waals surface area contributed by atoms with E-state index in [1.54, 1.807) is 20.8 Å². The molecule has 1 aliphatic heterocycles. The van der Waals surface area contributed by atoms with Crippen LogP contribution in [0.2, 0.25) is 0 Å². The molecule has 1 fully saturated rings. The van der Waals surface area contributed by atoms with Crippen molar-refractivity contribution in [2.45, 2.75) is 44.2 Å². The van der Waals surface area contributed by atoms with Crippen LogP contribution in [0.4, 0.5) is 9.59 Å². The van der Waals surface area contributed by atoms with Crippen LogP contribution in [0.5, 0.6) is 0 Å². The summed E-state index contributed by atoms with van der Waals surface area (Å²) in [5, 5.41) is 5.07. The highest BCUT2D eigenvalue weighted by Crippen LogP contribution is 2.44. The van der Waals surface area contributed by atoms with Crippen molar-refractivity contribution in [1.82, 2.24) is 15.5 Å². The van der Waals surface area contributed by atoms with Gasteiger partial charge in [-0.1, -0.05) is 48.5 Å². The largest absolute Gasteiger partial charge is 0.467 e. The Morgan fingerprint density at radius 3 is 2.16 bits per heavy atom. The number of nitrogens with one attached hydrogen (secondary N) is 2. The third-order valence-corrected chi connectivity index (χ3v) is 6.67. The van der Waals surface area contributed by atoms with Gasteiger partial charge in [0.15, 0.2) is 5.54 Å². The van der Waals surface area contributed by atoms with Gasteiger partial charge in [0.25, 0.3) is 0 Å². The first-order valence-electron chi connectivity index (χ1n) is 12.5. The molecule has 2 N–H and O–H groups in total. The van der Waals surface area contributed by atoms with Gasteiger partial charge in [-0.3, -0.25) is 4.79 Å². The first kappa shape index (κ1) is 27.0. The summed E-state index contributed by atoms with van der Waals surface area (Å²) in [5.41, 5.74) is 2.22. The standard InChI is InChI=1S/C28H33N3O7/c1-27(2,3)38-26(35)30-28(24(33)36-4)13-14-31(17-28)23(32)15-29-25(34)37-16-22-20-11-7-5-9-18(20)19-10-6-8-12-21(19)22/h5-12,22H,13-17H2,1-4H3,(H,29,34)(H,30,35). The summed E-state index contributed by atoms with van der Waals surface area (Å²) >= 11 is 0. The molecule has 3 amide bonds. The van der Waals surface area contributed by atoms with Crippen molar-refractivity contribution >= 4 is 24.1 Å². The van der Waals surface area contributed by atoms with Crippen LogP contribution in [-0.2, 0) is 23.8 Å². The van der Waals surface area contributed by atoms with Gasteiger partial charge in [0, 0.05) is 18.9 Å². The lowest BCUT2D eigenvalue weighted by Gasteiger charge is -2.29. The number of alkyl carbamates (subject to hydrolysis) is 2. The van der Waals surface area contributed by atoms with E-state index in [0.717, 1.165) is 22.3 Å². The van der Waals surface area contributed by atoms with Gasteiger partial charge in [0.05, 0.1) is 13.7 Å². The number of amides is 3. The minimum Gasteiger partial charge on any atom is -0.467 e. The van der Waals surface area contributed by atoms with E-state index in [-0.39, 0.29) is 38.6 Å². The third kappa shape index (κ3) is 5.74. The molecule has 1 saturated heterocycles. The van der Waals surface area contributed by atoms with Crippen molar-refractivity contribution in [1.29, 1.82) is 0 Å². The van der Waals surface area contributed by atoms with Crippen LogP contribution in [-0.4, -0.2) is 73.5 Å². The Morgan fingerprint density at radius 1 is 0.974 bits per heavy atom. The molecule has 1 heterocycles. The molecule has 10 heteroatoms. The van der Waals surface area contributed by atoms with Crippen molar-refractivity contribution in [2.75, 3.05) is 33.4 Å². The van der Waals surface area contributed by atoms with E-state index in [1.165, 1.54) is 12.0 Å². The summed E-state index contributed by atoms with van der Waals surface area (Å²) in [6, 6.07) is 16.0. The van der Waals surface area contributed by atoms with Gasteiger partial charge >= 0.3 is 18.2 Å². The van der Waals surface area contributed by atoms with Crippen LogP contribution < -0.4 is 10.6 Å². The van der Waals surface area contributed by atoms with Crippen molar-refractivity contribution < 1.29 is 33.4 Å². The van der Waals surface area contributed by atoms with Gasteiger partial charge in [-0.05, 0) is 43.0 Å². The molecule has 0 saturated carbocycles. The van der Waals surface area contributed by atoms with Gasteiger partial charge in [0.1, 0.15) is 18.8 Å². The number of esters is 1. The van der Waals surface area contributed by atoms with E-state index in [2.05, 4.69) is 22.8 Å². The maximum absolute atomic E-state index is 12.8. The maximum atomic E-state index is 12.8. The van der Waals surface area contributed by atoms with Gasteiger partial charge in [-0.2, -0.15) is 0 Å². The Morgan fingerprint density at radius 2 is 1.58 bits per heavy atom. The number of benzene rings is 2. The van der Waals surface area contributed by atoms with Gasteiger partial charge < -0.3 is 29.7 Å². The Bertz CT molecular complexity index is 1190. The van der Waals surface area contributed by atoms with Crippen LogP contribution in [0.3, 0.4) is 0 Å². The van der Waals surface area contributed by atoms with Crippen LogP contribution in [0, 0.1) is 0 Å². The summed E-state index contributed by atoms with van der Waals surface area (Å²) < 4.78 is 15.6. The number of ether oxygens (including phenoxy) is 3. The molecule has 2 aromatic rings. The van der Waals surface area contributed by atoms with E-state index in [0.29, 0.717) is 0 Å². The third-order valence-electron chi connectivity index (χ3n) is 6.67. The summed E-state index contributed by atoms with van der Waals surface area (Å²) in [6.07, 6.45) is -1.35. The van der Waals surface area contributed by atoms with Crippen molar-refractivity contribution in [3.05, 3.63) is 59.7 Å². The topological polar surface area (TPSA) is 123 Å². The molecule has 4 rings (SSSR count). The number of carbonyl (C=O) groups is 4. The normalized spacial score (nSPS) is 18.3. The van der Waals surface area contributed by atoms with Crippen LogP contribution >= 0.6 is 0 Å². The average Bonchev–Trinajstić information content (AvgIpc) is 3.44. The lowest BCUT2D eigenvalue weighted by atomic mass is 9.98. The van der Waals surface area contributed by atoms with Crippen LogP contribution in [0.15, 0.2) is 48.5 Å². The summed E-state index contributed by atoms with van der Waals surface area (Å²) in [4.78, 5) is 51.5. The number of rotatable bonds is 6. The molecule has 2 aromatic carbocycles. The lowest BCUT2D eigenvalue weighted by molar-refractivity contribution is -0.148. The Kier molecular flexibility index (Phi) is 7.61. The zero-order chi connectivity index (χ0) is 27.5. The van der Waals surface area contributed by atoms with E-state index in [1.807, 2.05) is 36.4 Å². The number of methoxy groups -OCH3 is 1. The zero-order valence-corrected chi connectivity index (χ0v) is 22.0. The fourth-order valence-electron chi connectivity index (χ4n) is 4.95. The first-order valence-corrected chi connectivity index (χ1v) is 12.5. The highest BCUT2D eigenvalue weighted by molar-refractivity contribution is 5.89. The molecule has 0 spiro atoms. The molecule has 202 valence electrons. The molecular weight excluding hydrogens is 490 g/mol. The predicted octanol–water partition coefficient (Wildman–Crippen LogP) is 3.19. The van der Waals surface area contributed by atoms with Crippen molar-refractivity contribution in [3.63, 3.8) is 0 Å². The second-order valence-corrected chi connectivity index (χ2v) is 10.4. The fourth-order valence-corrected chi connectivity index (χ4v) is 4.95. The molecule has 0 aromatic heterocycles. The Hall–Kier alpha value is -4.08. The first-order chi connectivity index (χ1) is 18.0. The Balaban J connectivity index is 1.31. The lowest BCUT2D eigenvalue weighted by Crippen LogP contribution is -2.58. The highest BCUT2D eigenvalue weighted by Gasteiger charge is 2.49. The zero-order valence-electron chi connectivity index (χ0n) is 22.0. The quantitative estimate of drug-likeness (QED) is 0.440.